The lowest BCUT2D eigenvalue weighted by molar-refractivity contribution is -0.135. The lowest BCUT2D eigenvalue weighted by Gasteiger charge is -2.41. The molecule has 2 N–H and O–H groups in total. The van der Waals surface area contributed by atoms with Gasteiger partial charge in [0.15, 0.2) is 0 Å². The van der Waals surface area contributed by atoms with E-state index in [9.17, 15) is 5.11 Å². The molecule has 2 aliphatic heterocycles. The molecule has 0 aromatic heterocycles. The molecule has 2 aliphatic rings. The molecule has 2 saturated heterocycles. The molecule has 0 saturated carbocycles. The van der Waals surface area contributed by atoms with E-state index in [0.29, 0.717) is 19.3 Å². The van der Waals surface area contributed by atoms with E-state index in [1.807, 2.05) is 0 Å². The van der Waals surface area contributed by atoms with Crippen LogP contribution in [0.5, 0.6) is 0 Å². The number of hydrogen-bond donors (Lipinski definition) is 2. The number of ether oxygens (including phenoxy) is 2. The van der Waals surface area contributed by atoms with Crippen molar-refractivity contribution in [2.75, 3.05) is 39.6 Å². The zero-order chi connectivity index (χ0) is 9.86. The Morgan fingerprint density at radius 3 is 2.43 bits per heavy atom. The van der Waals surface area contributed by atoms with Crippen molar-refractivity contribution in [1.29, 1.82) is 0 Å². The molecule has 0 bridgehead atoms. The summed E-state index contributed by atoms with van der Waals surface area (Å²) < 4.78 is 10.4. The molecule has 4 nitrogen and oxygen atoms in total. The Balaban J connectivity index is 1.69. The van der Waals surface area contributed by atoms with Crippen molar-refractivity contribution in [2.45, 2.75) is 18.9 Å². The third-order valence-corrected chi connectivity index (χ3v) is 3.14. The van der Waals surface area contributed by atoms with Crippen molar-refractivity contribution in [3.05, 3.63) is 0 Å². The molecule has 2 rings (SSSR count). The highest BCUT2D eigenvalue weighted by molar-refractivity contribution is 4.88. The van der Waals surface area contributed by atoms with Gasteiger partial charge in [0.2, 0.25) is 0 Å². The Morgan fingerprint density at radius 1 is 1.21 bits per heavy atom. The van der Waals surface area contributed by atoms with E-state index in [-0.39, 0.29) is 12.0 Å². The average Bonchev–Trinajstić information content (AvgIpc) is 2.19. The molecule has 0 aromatic carbocycles. The minimum Gasteiger partial charge on any atom is -0.396 e. The van der Waals surface area contributed by atoms with Crippen LogP contribution in [0, 0.1) is 5.41 Å². The normalized spacial score (nSPS) is 27.2. The van der Waals surface area contributed by atoms with Gasteiger partial charge in [0.05, 0.1) is 25.2 Å². The maximum atomic E-state index is 9.22. The molecule has 0 spiro atoms. The Kier molecular flexibility index (Phi) is 3.38. The van der Waals surface area contributed by atoms with Crippen LogP contribution in [0.1, 0.15) is 12.8 Å². The summed E-state index contributed by atoms with van der Waals surface area (Å²) in [7, 11) is 0. The van der Waals surface area contributed by atoms with E-state index in [4.69, 9.17) is 9.47 Å². The number of hydrogen-bond acceptors (Lipinski definition) is 4. The first-order valence-electron chi connectivity index (χ1n) is 5.34. The predicted molar refractivity (Wildman–Crippen MR) is 52.2 cm³/mol. The molecule has 0 unspecified atom stereocenters. The SMILES string of the molecule is OCC1(CNC2CCOCC2)COC1. The highest BCUT2D eigenvalue weighted by atomic mass is 16.5. The fourth-order valence-corrected chi connectivity index (χ4v) is 1.90. The molecule has 4 heteroatoms. The fraction of sp³-hybridized carbons (Fsp3) is 1.00. The van der Waals surface area contributed by atoms with Crippen molar-refractivity contribution in [1.82, 2.24) is 5.32 Å². The highest BCUT2D eigenvalue weighted by Crippen LogP contribution is 2.26. The third kappa shape index (κ3) is 2.25. The van der Waals surface area contributed by atoms with Gasteiger partial charge in [-0.3, -0.25) is 0 Å². The highest BCUT2D eigenvalue weighted by Gasteiger charge is 2.38. The van der Waals surface area contributed by atoms with Crippen molar-refractivity contribution >= 4 is 0 Å². The second-order valence-corrected chi connectivity index (χ2v) is 4.42. The van der Waals surface area contributed by atoms with Crippen molar-refractivity contribution in [3.8, 4) is 0 Å². The molecule has 2 heterocycles. The largest absolute Gasteiger partial charge is 0.396 e. The van der Waals surface area contributed by atoms with Crippen molar-refractivity contribution < 1.29 is 14.6 Å². The number of aliphatic hydroxyl groups excluding tert-OH is 1. The third-order valence-electron chi connectivity index (χ3n) is 3.14. The standard InChI is InChI=1S/C10H19NO3/c12-6-10(7-14-8-10)5-11-9-1-3-13-4-2-9/h9,11-12H,1-8H2. The van der Waals surface area contributed by atoms with Crippen LogP contribution in [-0.4, -0.2) is 50.7 Å². The van der Waals surface area contributed by atoms with E-state index in [2.05, 4.69) is 5.32 Å². The van der Waals surface area contributed by atoms with E-state index >= 15 is 0 Å². The molecular formula is C10H19NO3. The summed E-state index contributed by atoms with van der Waals surface area (Å²) in [6.45, 7) is 4.21. The minimum atomic E-state index is -0.00168. The van der Waals surface area contributed by atoms with Crippen LogP contribution in [0.2, 0.25) is 0 Å². The molecule has 82 valence electrons. The van der Waals surface area contributed by atoms with Crippen LogP contribution in [0.15, 0.2) is 0 Å². The molecule has 0 radical (unpaired) electrons. The fourth-order valence-electron chi connectivity index (χ4n) is 1.90. The zero-order valence-electron chi connectivity index (χ0n) is 8.50. The Hall–Kier alpha value is -0.160. The second kappa shape index (κ2) is 4.57. The molecule has 0 amide bonds. The predicted octanol–water partition coefficient (Wildman–Crippen LogP) is -0.236. The van der Waals surface area contributed by atoms with Gasteiger partial charge in [-0.05, 0) is 12.8 Å². The van der Waals surface area contributed by atoms with Gasteiger partial charge in [-0.1, -0.05) is 0 Å². The van der Waals surface area contributed by atoms with Gasteiger partial charge in [-0.15, -0.1) is 0 Å². The second-order valence-electron chi connectivity index (χ2n) is 4.42. The van der Waals surface area contributed by atoms with Crippen molar-refractivity contribution in [2.24, 2.45) is 5.41 Å². The van der Waals surface area contributed by atoms with Gasteiger partial charge >= 0.3 is 0 Å². The molecule has 2 fully saturated rings. The molecule has 14 heavy (non-hydrogen) atoms. The first-order chi connectivity index (χ1) is 6.85. The van der Waals surface area contributed by atoms with Crippen LogP contribution in [-0.2, 0) is 9.47 Å². The van der Waals surface area contributed by atoms with Crippen LogP contribution < -0.4 is 5.32 Å². The van der Waals surface area contributed by atoms with Gasteiger partial charge in [0, 0.05) is 25.8 Å². The van der Waals surface area contributed by atoms with Gasteiger partial charge < -0.3 is 19.9 Å². The van der Waals surface area contributed by atoms with Gasteiger partial charge in [0.1, 0.15) is 0 Å². The average molecular weight is 201 g/mol. The van der Waals surface area contributed by atoms with E-state index < -0.39 is 0 Å². The summed E-state index contributed by atoms with van der Waals surface area (Å²) >= 11 is 0. The Bertz CT molecular complexity index is 171. The Labute approximate surface area is 84.6 Å². The zero-order valence-corrected chi connectivity index (χ0v) is 8.50. The van der Waals surface area contributed by atoms with Crippen LogP contribution >= 0.6 is 0 Å². The van der Waals surface area contributed by atoms with Gasteiger partial charge in [0.25, 0.3) is 0 Å². The topological polar surface area (TPSA) is 50.7 Å². The summed E-state index contributed by atoms with van der Waals surface area (Å²) in [5.41, 5.74) is -0.00168. The number of nitrogens with one attached hydrogen (secondary N) is 1. The van der Waals surface area contributed by atoms with Crippen LogP contribution in [0.4, 0.5) is 0 Å². The molecule has 0 aromatic rings. The molecular weight excluding hydrogens is 182 g/mol. The first-order valence-corrected chi connectivity index (χ1v) is 5.34. The van der Waals surface area contributed by atoms with E-state index in [0.717, 1.165) is 32.6 Å². The summed E-state index contributed by atoms with van der Waals surface area (Å²) in [5, 5.41) is 12.7. The van der Waals surface area contributed by atoms with E-state index in [1.54, 1.807) is 0 Å². The summed E-state index contributed by atoms with van der Waals surface area (Å²) in [4.78, 5) is 0. The van der Waals surface area contributed by atoms with Crippen LogP contribution in [0.3, 0.4) is 0 Å². The first kappa shape index (κ1) is 10.4. The van der Waals surface area contributed by atoms with Gasteiger partial charge in [-0.2, -0.15) is 0 Å². The monoisotopic (exact) mass is 201 g/mol. The maximum Gasteiger partial charge on any atom is 0.0579 e. The number of rotatable bonds is 4. The summed E-state index contributed by atoms with van der Waals surface area (Å²) in [5.74, 6) is 0. The molecule has 0 atom stereocenters. The smallest absolute Gasteiger partial charge is 0.0579 e. The Morgan fingerprint density at radius 2 is 1.93 bits per heavy atom. The summed E-state index contributed by atoms with van der Waals surface area (Å²) in [6.07, 6.45) is 2.17. The molecule has 0 aliphatic carbocycles. The van der Waals surface area contributed by atoms with Gasteiger partial charge in [-0.25, -0.2) is 0 Å². The van der Waals surface area contributed by atoms with E-state index in [1.165, 1.54) is 0 Å². The number of aliphatic hydroxyl groups is 1. The maximum absolute atomic E-state index is 9.22. The van der Waals surface area contributed by atoms with Crippen LogP contribution in [0.25, 0.3) is 0 Å². The minimum absolute atomic E-state index is 0.00168. The summed E-state index contributed by atoms with van der Waals surface area (Å²) in [6, 6.07) is 0.563. The lowest BCUT2D eigenvalue weighted by atomic mass is 9.86. The quantitative estimate of drug-likeness (QED) is 0.659. The van der Waals surface area contributed by atoms with Crippen molar-refractivity contribution in [3.63, 3.8) is 0 Å². The lowest BCUT2D eigenvalue weighted by Crippen LogP contribution is -2.54.